The molecule has 6 heteroatoms. The fraction of sp³-hybridized carbons (Fsp3) is 0.500. The van der Waals surface area contributed by atoms with Crippen LogP contribution in [0.15, 0.2) is 24.3 Å². The van der Waals surface area contributed by atoms with Crippen LogP contribution in [0.3, 0.4) is 0 Å². The van der Waals surface area contributed by atoms with Gasteiger partial charge in [-0.25, -0.2) is 0 Å². The number of aryl methyl sites for hydroxylation is 1. The van der Waals surface area contributed by atoms with Crippen molar-refractivity contribution in [1.82, 2.24) is 30.4 Å². The Hall–Kier alpha value is -1.79. The van der Waals surface area contributed by atoms with Crippen LogP contribution in [0.2, 0.25) is 0 Å². The first-order valence-corrected chi connectivity index (χ1v) is 6.94. The summed E-state index contributed by atoms with van der Waals surface area (Å²) in [4.78, 5) is 3.94. The van der Waals surface area contributed by atoms with Crippen molar-refractivity contribution >= 4 is 0 Å². The summed E-state index contributed by atoms with van der Waals surface area (Å²) in [6, 6.07) is 9.14. The lowest BCUT2D eigenvalue weighted by Crippen LogP contribution is -2.45. The zero-order valence-electron chi connectivity index (χ0n) is 12.0. The molecule has 106 valence electrons. The van der Waals surface area contributed by atoms with Gasteiger partial charge in [-0.2, -0.15) is 4.80 Å². The molecule has 2 aromatic rings. The highest BCUT2D eigenvalue weighted by molar-refractivity contribution is 5.30. The normalized spacial score (nSPS) is 19.0. The van der Waals surface area contributed by atoms with Crippen molar-refractivity contribution < 1.29 is 0 Å². The van der Waals surface area contributed by atoms with E-state index in [1.165, 1.54) is 15.9 Å². The van der Waals surface area contributed by atoms with Crippen LogP contribution in [0.4, 0.5) is 0 Å². The summed E-state index contributed by atoms with van der Waals surface area (Å²) in [5.41, 5.74) is 2.86. The Labute approximate surface area is 118 Å². The molecule has 0 amide bonds. The zero-order chi connectivity index (χ0) is 13.9. The van der Waals surface area contributed by atoms with Crippen LogP contribution in [0.1, 0.15) is 17.0 Å². The molecule has 2 heterocycles. The van der Waals surface area contributed by atoms with Crippen molar-refractivity contribution in [2.24, 2.45) is 7.05 Å². The molecule has 0 aliphatic carbocycles. The van der Waals surface area contributed by atoms with E-state index in [9.17, 15) is 0 Å². The number of tetrazole rings is 1. The van der Waals surface area contributed by atoms with Crippen molar-refractivity contribution in [2.75, 3.05) is 13.6 Å². The average molecular weight is 272 g/mol. The molecule has 6 nitrogen and oxygen atoms in total. The van der Waals surface area contributed by atoms with Crippen LogP contribution in [0.5, 0.6) is 0 Å². The third-order valence-corrected chi connectivity index (χ3v) is 3.80. The maximum Gasteiger partial charge on any atom is 0.188 e. The van der Waals surface area contributed by atoms with E-state index in [4.69, 9.17) is 0 Å². The summed E-state index contributed by atoms with van der Waals surface area (Å²) in [7, 11) is 3.80. The first-order valence-electron chi connectivity index (χ1n) is 6.94. The first kappa shape index (κ1) is 13.2. The van der Waals surface area contributed by atoms with Crippen molar-refractivity contribution in [3.63, 3.8) is 0 Å². The van der Waals surface area contributed by atoms with Gasteiger partial charge in [0.25, 0.3) is 0 Å². The number of hydrogen-bond donors (Lipinski definition) is 1. The Morgan fingerprint density at radius 3 is 2.80 bits per heavy atom. The van der Waals surface area contributed by atoms with Gasteiger partial charge in [-0.15, -0.1) is 10.2 Å². The third kappa shape index (κ3) is 2.71. The molecule has 0 spiro atoms. The molecule has 20 heavy (non-hydrogen) atoms. The van der Waals surface area contributed by atoms with E-state index in [1.807, 2.05) is 7.05 Å². The molecule has 1 aromatic carbocycles. The number of hydrogen-bond acceptors (Lipinski definition) is 5. The second-order valence-electron chi connectivity index (χ2n) is 5.28. The van der Waals surface area contributed by atoms with E-state index in [0.717, 1.165) is 31.9 Å². The van der Waals surface area contributed by atoms with Crippen molar-refractivity contribution in [1.29, 1.82) is 0 Å². The smallest absolute Gasteiger partial charge is 0.188 e. The van der Waals surface area contributed by atoms with Crippen LogP contribution in [0, 0.1) is 0 Å². The second kappa shape index (κ2) is 5.68. The van der Waals surface area contributed by atoms with Gasteiger partial charge >= 0.3 is 0 Å². The summed E-state index contributed by atoms with van der Waals surface area (Å²) in [5.74, 6) is 0.785. The number of fused-ring (bicyclic) bond motifs is 1. The van der Waals surface area contributed by atoms with Gasteiger partial charge in [0.2, 0.25) is 0 Å². The van der Waals surface area contributed by atoms with E-state index < -0.39 is 0 Å². The minimum Gasteiger partial charge on any atom is -0.318 e. The molecule has 1 unspecified atom stereocenters. The maximum atomic E-state index is 4.29. The fourth-order valence-corrected chi connectivity index (χ4v) is 2.83. The van der Waals surface area contributed by atoms with E-state index in [-0.39, 0.29) is 0 Å². The van der Waals surface area contributed by atoms with Gasteiger partial charge in [0.15, 0.2) is 5.82 Å². The average Bonchev–Trinajstić information content (AvgIpc) is 2.85. The molecule has 0 bridgehead atoms. The SMILES string of the molecule is CNCC1Cc2ccccc2CN1Cc1nnn(C)n1. The largest absolute Gasteiger partial charge is 0.318 e. The lowest BCUT2D eigenvalue weighted by atomic mass is 9.94. The Morgan fingerprint density at radius 2 is 2.10 bits per heavy atom. The molecule has 1 aromatic heterocycles. The van der Waals surface area contributed by atoms with Crippen molar-refractivity contribution in [3.05, 3.63) is 41.2 Å². The van der Waals surface area contributed by atoms with Crippen LogP contribution in [-0.4, -0.2) is 44.7 Å². The van der Waals surface area contributed by atoms with E-state index in [0.29, 0.717) is 6.04 Å². The molecule has 1 aliphatic heterocycles. The number of rotatable bonds is 4. The predicted octanol–water partition coefficient (Wildman–Crippen LogP) is 0.356. The number of aromatic nitrogens is 4. The number of nitrogens with one attached hydrogen (secondary N) is 1. The van der Waals surface area contributed by atoms with Gasteiger partial charge < -0.3 is 5.32 Å². The van der Waals surface area contributed by atoms with Gasteiger partial charge in [-0.05, 0) is 29.8 Å². The quantitative estimate of drug-likeness (QED) is 0.870. The lowest BCUT2D eigenvalue weighted by Gasteiger charge is -2.36. The molecular weight excluding hydrogens is 252 g/mol. The molecule has 0 fully saturated rings. The summed E-state index contributed by atoms with van der Waals surface area (Å²) >= 11 is 0. The van der Waals surface area contributed by atoms with Gasteiger partial charge in [-0.3, -0.25) is 4.90 Å². The number of nitrogens with zero attached hydrogens (tertiary/aromatic N) is 5. The Morgan fingerprint density at radius 1 is 1.30 bits per heavy atom. The lowest BCUT2D eigenvalue weighted by molar-refractivity contribution is 0.156. The minimum absolute atomic E-state index is 0.471. The monoisotopic (exact) mass is 272 g/mol. The van der Waals surface area contributed by atoms with E-state index >= 15 is 0 Å². The third-order valence-electron chi connectivity index (χ3n) is 3.80. The highest BCUT2D eigenvalue weighted by Gasteiger charge is 2.26. The summed E-state index contributed by atoms with van der Waals surface area (Å²) < 4.78 is 0. The molecule has 0 radical (unpaired) electrons. The van der Waals surface area contributed by atoms with Gasteiger partial charge in [0, 0.05) is 19.1 Å². The molecule has 3 rings (SSSR count). The zero-order valence-corrected chi connectivity index (χ0v) is 12.0. The number of likely N-dealkylation sites (N-methyl/N-ethyl adjacent to an activating group) is 1. The summed E-state index contributed by atoms with van der Waals surface area (Å²) in [5, 5.41) is 15.6. The molecule has 0 saturated heterocycles. The van der Waals surface area contributed by atoms with E-state index in [1.54, 1.807) is 7.05 Å². The second-order valence-corrected chi connectivity index (χ2v) is 5.28. The van der Waals surface area contributed by atoms with Crippen molar-refractivity contribution in [2.45, 2.75) is 25.6 Å². The minimum atomic E-state index is 0.471. The molecule has 0 saturated carbocycles. The molecule has 1 aliphatic rings. The van der Waals surface area contributed by atoms with Gasteiger partial charge in [0.1, 0.15) is 0 Å². The van der Waals surface area contributed by atoms with Crippen LogP contribution in [0.25, 0.3) is 0 Å². The van der Waals surface area contributed by atoms with Crippen LogP contribution in [-0.2, 0) is 26.6 Å². The van der Waals surface area contributed by atoms with Gasteiger partial charge in [0.05, 0.1) is 13.6 Å². The number of benzene rings is 1. The molecular formula is C14H20N6. The van der Waals surface area contributed by atoms with Crippen molar-refractivity contribution in [3.8, 4) is 0 Å². The Balaban J connectivity index is 1.80. The fourth-order valence-electron chi connectivity index (χ4n) is 2.83. The van der Waals surface area contributed by atoms with Gasteiger partial charge in [-0.1, -0.05) is 24.3 Å². The van der Waals surface area contributed by atoms with Crippen LogP contribution >= 0.6 is 0 Å². The summed E-state index contributed by atoms with van der Waals surface area (Å²) in [6.07, 6.45) is 1.07. The molecule has 1 atom stereocenters. The first-order chi connectivity index (χ1) is 9.76. The highest BCUT2D eigenvalue weighted by Crippen LogP contribution is 2.23. The standard InChI is InChI=1S/C14H20N6/c1-15-8-13-7-11-5-3-4-6-12(11)9-20(13)10-14-16-18-19(2)17-14/h3-6,13,15H,7-10H2,1-2H3. The Kier molecular flexibility index (Phi) is 3.75. The van der Waals surface area contributed by atoms with E-state index in [2.05, 4.69) is 49.9 Å². The Bertz CT molecular complexity index is 579. The topological polar surface area (TPSA) is 58.9 Å². The summed E-state index contributed by atoms with van der Waals surface area (Å²) in [6.45, 7) is 2.66. The predicted molar refractivity (Wildman–Crippen MR) is 75.9 cm³/mol. The maximum absolute atomic E-state index is 4.29. The van der Waals surface area contributed by atoms with Crippen LogP contribution < -0.4 is 5.32 Å². The molecule has 1 N–H and O–H groups in total. The highest BCUT2D eigenvalue weighted by atomic mass is 15.6.